The van der Waals surface area contributed by atoms with Crippen molar-refractivity contribution in [2.75, 3.05) is 50.4 Å². The fraction of sp³-hybridized carbons (Fsp3) is 0.310. The molecule has 1 fully saturated rings. The molecular weight excluding hydrogens is 466 g/mol. The van der Waals surface area contributed by atoms with Crippen LogP contribution in [-0.2, 0) is 17.8 Å². The number of ether oxygens (including phenoxy) is 1. The standard InChI is InChI=1S/C29H35N5O3/c30-26-9-4-5-10-27(26)32-28(35)25-13-11-24(12-14-25)22-34(16-6-15-33-17-19-37-20-18-33)29(36)31-21-23-7-2-1-3-8-23/h1-5,7-14H,6,15-22,30H2,(H,31,36)(H,32,35). The molecule has 0 atom stereocenters. The van der Waals surface area contributed by atoms with E-state index in [1.54, 1.807) is 24.3 Å². The van der Waals surface area contributed by atoms with Gasteiger partial charge in [0.2, 0.25) is 0 Å². The summed E-state index contributed by atoms with van der Waals surface area (Å²) >= 11 is 0. The third kappa shape index (κ3) is 8.06. The molecular formula is C29H35N5O3. The smallest absolute Gasteiger partial charge is 0.317 e. The van der Waals surface area contributed by atoms with E-state index in [9.17, 15) is 9.59 Å². The molecule has 0 unspecified atom stereocenters. The first kappa shape index (κ1) is 26.2. The van der Waals surface area contributed by atoms with E-state index in [0.717, 1.165) is 50.4 Å². The Kier molecular flexibility index (Phi) is 9.51. The maximum Gasteiger partial charge on any atom is 0.317 e. The van der Waals surface area contributed by atoms with Gasteiger partial charge < -0.3 is 26.0 Å². The number of rotatable bonds is 10. The fourth-order valence-electron chi connectivity index (χ4n) is 4.23. The summed E-state index contributed by atoms with van der Waals surface area (Å²) in [5, 5.41) is 5.89. The first-order valence-electron chi connectivity index (χ1n) is 12.7. The van der Waals surface area contributed by atoms with Crippen molar-refractivity contribution >= 4 is 23.3 Å². The number of nitrogens with two attached hydrogens (primary N) is 1. The summed E-state index contributed by atoms with van der Waals surface area (Å²) in [7, 11) is 0. The molecule has 3 aromatic rings. The Morgan fingerprint density at radius 1 is 0.892 bits per heavy atom. The Bertz CT molecular complexity index is 1150. The van der Waals surface area contributed by atoms with Crippen LogP contribution < -0.4 is 16.4 Å². The van der Waals surface area contributed by atoms with Crippen LogP contribution in [0.4, 0.5) is 16.2 Å². The average molecular weight is 502 g/mol. The summed E-state index contributed by atoms with van der Waals surface area (Å²) in [4.78, 5) is 30.0. The highest BCUT2D eigenvalue weighted by atomic mass is 16.5. The van der Waals surface area contributed by atoms with Gasteiger partial charge in [0.1, 0.15) is 0 Å². The minimum Gasteiger partial charge on any atom is -0.397 e. The molecule has 37 heavy (non-hydrogen) atoms. The van der Waals surface area contributed by atoms with Crippen LogP contribution in [0.2, 0.25) is 0 Å². The predicted octanol–water partition coefficient (Wildman–Crippen LogP) is 3.96. The number of morpholine rings is 1. The number of anilines is 2. The molecule has 0 spiro atoms. The Labute approximate surface area is 218 Å². The number of nitrogen functional groups attached to an aromatic ring is 1. The number of benzene rings is 3. The second kappa shape index (κ2) is 13.4. The zero-order valence-corrected chi connectivity index (χ0v) is 21.1. The summed E-state index contributed by atoms with van der Waals surface area (Å²) in [6.07, 6.45) is 0.873. The van der Waals surface area contributed by atoms with Gasteiger partial charge in [-0.15, -0.1) is 0 Å². The number of para-hydroxylation sites is 2. The lowest BCUT2D eigenvalue weighted by Crippen LogP contribution is -2.42. The number of nitrogens with one attached hydrogen (secondary N) is 2. The molecule has 8 nitrogen and oxygen atoms in total. The molecule has 3 aromatic carbocycles. The van der Waals surface area contributed by atoms with Gasteiger partial charge in [0.25, 0.3) is 5.91 Å². The molecule has 3 amide bonds. The number of amides is 3. The average Bonchev–Trinajstić information content (AvgIpc) is 2.94. The van der Waals surface area contributed by atoms with E-state index in [1.165, 1.54) is 0 Å². The molecule has 8 heteroatoms. The number of hydrogen-bond donors (Lipinski definition) is 3. The number of urea groups is 1. The monoisotopic (exact) mass is 501 g/mol. The summed E-state index contributed by atoms with van der Waals surface area (Å²) in [5.74, 6) is -0.229. The van der Waals surface area contributed by atoms with Crippen molar-refractivity contribution in [3.63, 3.8) is 0 Å². The van der Waals surface area contributed by atoms with Gasteiger partial charge in [0.05, 0.1) is 24.6 Å². The number of hydrogen-bond acceptors (Lipinski definition) is 5. The van der Waals surface area contributed by atoms with Crippen LogP contribution in [-0.4, -0.2) is 61.1 Å². The molecule has 1 aliphatic heterocycles. The van der Waals surface area contributed by atoms with E-state index in [4.69, 9.17) is 10.5 Å². The molecule has 0 saturated carbocycles. The fourth-order valence-corrected chi connectivity index (χ4v) is 4.23. The maximum absolute atomic E-state index is 13.1. The Hall–Kier alpha value is -3.88. The van der Waals surface area contributed by atoms with Crippen LogP contribution in [0.5, 0.6) is 0 Å². The third-order valence-corrected chi connectivity index (χ3v) is 6.38. The Morgan fingerprint density at radius 2 is 1.59 bits per heavy atom. The Morgan fingerprint density at radius 3 is 2.32 bits per heavy atom. The molecule has 1 heterocycles. The van der Waals surface area contributed by atoms with Crippen LogP contribution in [0.25, 0.3) is 0 Å². The number of nitrogens with zero attached hydrogens (tertiary/aromatic N) is 2. The van der Waals surface area contributed by atoms with Crippen molar-refractivity contribution < 1.29 is 14.3 Å². The second-order valence-electron chi connectivity index (χ2n) is 9.11. The van der Waals surface area contributed by atoms with Crippen LogP contribution in [0.3, 0.4) is 0 Å². The predicted molar refractivity (Wildman–Crippen MR) is 146 cm³/mol. The summed E-state index contributed by atoms with van der Waals surface area (Å²) in [6, 6.07) is 24.3. The molecule has 194 valence electrons. The molecule has 0 aromatic heterocycles. The van der Waals surface area contributed by atoms with Gasteiger partial charge in [-0.1, -0.05) is 54.6 Å². The molecule has 0 aliphatic carbocycles. The van der Waals surface area contributed by atoms with Gasteiger partial charge in [-0.25, -0.2) is 4.79 Å². The van der Waals surface area contributed by atoms with E-state index in [-0.39, 0.29) is 11.9 Å². The largest absolute Gasteiger partial charge is 0.397 e. The molecule has 4 rings (SSSR count). The highest BCUT2D eigenvalue weighted by molar-refractivity contribution is 6.05. The highest BCUT2D eigenvalue weighted by Gasteiger charge is 2.16. The Balaban J connectivity index is 1.36. The quantitative estimate of drug-likeness (QED) is 0.365. The summed E-state index contributed by atoms with van der Waals surface area (Å²) in [5.41, 5.74) is 9.57. The number of carbonyl (C=O) groups excluding carboxylic acids is 2. The minimum atomic E-state index is -0.229. The normalized spacial score (nSPS) is 13.6. The maximum atomic E-state index is 13.1. The molecule has 4 N–H and O–H groups in total. The molecule has 1 aliphatic rings. The van der Waals surface area contributed by atoms with Gasteiger partial charge in [0, 0.05) is 44.8 Å². The van der Waals surface area contributed by atoms with Crippen LogP contribution in [0.15, 0.2) is 78.9 Å². The van der Waals surface area contributed by atoms with E-state index >= 15 is 0 Å². The van der Waals surface area contributed by atoms with Crippen molar-refractivity contribution in [1.29, 1.82) is 0 Å². The summed E-state index contributed by atoms with van der Waals surface area (Å²) < 4.78 is 5.43. The van der Waals surface area contributed by atoms with Crippen LogP contribution in [0.1, 0.15) is 27.9 Å². The first-order valence-corrected chi connectivity index (χ1v) is 12.7. The first-order chi connectivity index (χ1) is 18.1. The van der Waals surface area contributed by atoms with Crippen molar-refractivity contribution in [2.45, 2.75) is 19.5 Å². The van der Waals surface area contributed by atoms with E-state index in [1.807, 2.05) is 59.5 Å². The van der Waals surface area contributed by atoms with Crippen LogP contribution in [0, 0.1) is 0 Å². The van der Waals surface area contributed by atoms with Crippen molar-refractivity contribution in [2.24, 2.45) is 0 Å². The van der Waals surface area contributed by atoms with Crippen molar-refractivity contribution in [3.8, 4) is 0 Å². The van der Waals surface area contributed by atoms with Gasteiger partial charge in [-0.2, -0.15) is 0 Å². The van der Waals surface area contributed by atoms with Gasteiger partial charge in [-0.05, 0) is 41.8 Å². The lowest BCUT2D eigenvalue weighted by atomic mass is 10.1. The van der Waals surface area contributed by atoms with Gasteiger partial charge in [0.15, 0.2) is 0 Å². The second-order valence-corrected chi connectivity index (χ2v) is 9.11. The third-order valence-electron chi connectivity index (χ3n) is 6.38. The lowest BCUT2D eigenvalue weighted by molar-refractivity contribution is 0.0364. The van der Waals surface area contributed by atoms with Crippen LogP contribution >= 0.6 is 0 Å². The van der Waals surface area contributed by atoms with Gasteiger partial charge >= 0.3 is 6.03 Å². The number of carbonyl (C=O) groups is 2. The van der Waals surface area contributed by atoms with E-state index in [0.29, 0.717) is 36.6 Å². The van der Waals surface area contributed by atoms with Crippen molar-refractivity contribution in [3.05, 3.63) is 95.6 Å². The zero-order valence-electron chi connectivity index (χ0n) is 21.1. The topological polar surface area (TPSA) is 99.9 Å². The zero-order chi connectivity index (χ0) is 25.9. The SMILES string of the molecule is Nc1ccccc1NC(=O)c1ccc(CN(CCCN2CCOCC2)C(=O)NCc2ccccc2)cc1. The van der Waals surface area contributed by atoms with Crippen molar-refractivity contribution in [1.82, 2.24) is 15.1 Å². The summed E-state index contributed by atoms with van der Waals surface area (Å²) in [6.45, 7) is 5.87. The van der Waals surface area contributed by atoms with E-state index in [2.05, 4.69) is 15.5 Å². The molecule has 0 bridgehead atoms. The molecule has 1 saturated heterocycles. The van der Waals surface area contributed by atoms with Gasteiger partial charge in [-0.3, -0.25) is 9.69 Å². The molecule has 0 radical (unpaired) electrons. The minimum absolute atomic E-state index is 0.104. The van der Waals surface area contributed by atoms with E-state index < -0.39 is 0 Å². The highest BCUT2D eigenvalue weighted by Crippen LogP contribution is 2.18. The lowest BCUT2D eigenvalue weighted by Gasteiger charge is -2.28.